The monoisotopic (exact) mass is 330 g/mol. The molecule has 0 saturated carbocycles. The van der Waals surface area contributed by atoms with Crippen LogP contribution in [-0.2, 0) is 13.2 Å². The van der Waals surface area contributed by atoms with E-state index >= 15 is 0 Å². The lowest BCUT2D eigenvalue weighted by Gasteiger charge is -2.10. The highest BCUT2D eigenvalue weighted by Crippen LogP contribution is 2.17. The van der Waals surface area contributed by atoms with Crippen molar-refractivity contribution in [3.63, 3.8) is 0 Å². The fourth-order valence-electron chi connectivity index (χ4n) is 2.61. The second-order valence-electron chi connectivity index (χ2n) is 5.76. The van der Waals surface area contributed by atoms with E-state index in [1.165, 1.54) is 0 Å². The quantitative estimate of drug-likeness (QED) is 0.582. The molecule has 124 valence electrons. The number of benzene rings is 2. The molecule has 0 atom stereocenters. The summed E-state index contributed by atoms with van der Waals surface area (Å²) in [6.07, 6.45) is 3.48. The topological polar surface area (TPSA) is 51.5 Å². The van der Waals surface area contributed by atoms with Crippen molar-refractivity contribution in [1.29, 1.82) is 0 Å². The van der Waals surface area contributed by atoms with Gasteiger partial charge in [0.05, 0.1) is 11.9 Å². The number of hydrogen-bond acceptors (Lipinski definition) is 4. The number of anilines is 1. The summed E-state index contributed by atoms with van der Waals surface area (Å²) < 4.78 is 7.63. The Morgan fingerprint density at radius 1 is 0.920 bits per heavy atom. The van der Waals surface area contributed by atoms with Gasteiger partial charge in [0.15, 0.2) is 5.65 Å². The van der Waals surface area contributed by atoms with Crippen LogP contribution < -0.4 is 10.1 Å². The Bertz CT molecular complexity index is 966. The summed E-state index contributed by atoms with van der Waals surface area (Å²) in [6.45, 7) is 1.28. The Morgan fingerprint density at radius 2 is 1.80 bits per heavy atom. The second-order valence-corrected chi connectivity index (χ2v) is 5.76. The van der Waals surface area contributed by atoms with Gasteiger partial charge < -0.3 is 10.1 Å². The molecule has 0 aliphatic heterocycles. The summed E-state index contributed by atoms with van der Waals surface area (Å²) in [4.78, 5) is 4.14. The maximum absolute atomic E-state index is 5.88. The Morgan fingerprint density at radius 3 is 2.72 bits per heavy atom. The Balaban J connectivity index is 1.39. The van der Waals surface area contributed by atoms with Crippen molar-refractivity contribution in [2.75, 3.05) is 5.32 Å². The molecule has 0 unspecified atom stereocenters. The van der Waals surface area contributed by atoms with Crippen LogP contribution in [0.5, 0.6) is 5.75 Å². The van der Waals surface area contributed by atoms with Gasteiger partial charge in [-0.3, -0.25) is 0 Å². The first kappa shape index (κ1) is 15.2. The number of aromatic nitrogens is 3. The van der Waals surface area contributed by atoms with Crippen molar-refractivity contribution in [1.82, 2.24) is 14.6 Å². The van der Waals surface area contributed by atoms with E-state index in [0.29, 0.717) is 13.2 Å². The summed E-state index contributed by atoms with van der Waals surface area (Å²) in [6, 6.07) is 22.2. The summed E-state index contributed by atoms with van der Waals surface area (Å²) in [5.41, 5.74) is 4.15. The normalized spacial score (nSPS) is 10.7. The van der Waals surface area contributed by atoms with E-state index in [9.17, 15) is 0 Å². The SMILES string of the molecule is c1ccc(COc2cccc(CNc3ccc4ncnn4c3)c2)cc1. The van der Waals surface area contributed by atoms with E-state index < -0.39 is 0 Å². The minimum Gasteiger partial charge on any atom is -0.489 e. The molecule has 0 bridgehead atoms. The van der Waals surface area contributed by atoms with Crippen LogP contribution in [0.25, 0.3) is 5.65 Å². The molecule has 0 fully saturated rings. The van der Waals surface area contributed by atoms with Gasteiger partial charge in [-0.2, -0.15) is 5.10 Å². The smallest absolute Gasteiger partial charge is 0.155 e. The van der Waals surface area contributed by atoms with Crippen molar-refractivity contribution in [3.05, 3.63) is 90.4 Å². The highest BCUT2D eigenvalue weighted by atomic mass is 16.5. The zero-order valence-corrected chi connectivity index (χ0v) is 13.7. The molecule has 0 radical (unpaired) electrons. The summed E-state index contributed by atoms with van der Waals surface area (Å²) in [5, 5.41) is 7.55. The molecule has 5 heteroatoms. The number of hydrogen-bond donors (Lipinski definition) is 1. The van der Waals surface area contributed by atoms with Crippen molar-refractivity contribution in [2.24, 2.45) is 0 Å². The molecule has 25 heavy (non-hydrogen) atoms. The summed E-state index contributed by atoms with van der Waals surface area (Å²) in [7, 11) is 0. The van der Waals surface area contributed by atoms with Crippen LogP contribution in [0.4, 0.5) is 5.69 Å². The van der Waals surface area contributed by atoms with Gasteiger partial charge in [-0.05, 0) is 35.4 Å². The standard InChI is InChI=1S/C20H18N4O/c1-2-5-16(6-3-1)14-25-19-8-4-7-17(11-19)12-21-18-9-10-20-22-15-23-24(20)13-18/h1-11,13,15,21H,12,14H2. The molecule has 4 aromatic rings. The molecule has 2 heterocycles. The van der Waals surface area contributed by atoms with E-state index in [4.69, 9.17) is 4.74 Å². The molecule has 4 rings (SSSR count). The van der Waals surface area contributed by atoms with Crippen molar-refractivity contribution >= 4 is 11.3 Å². The van der Waals surface area contributed by atoms with Gasteiger partial charge in [0.1, 0.15) is 18.7 Å². The molecule has 0 amide bonds. The molecule has 1 N–H and O–H groups in total. The minimum atomic E-state index is 0.570. The van der Waals surface area contributed by atoms with Crippen LogP contribution in [0, 0.1) is 0 Å². The first-order valence-corrected chi connectivity index (χ1v) is 8.16. The highest BCUT2D eigenvalue weighted by Gasteiger charge is 2.01. The van der Waals surface area contributed by atoms with Crippen LogP contribution in [0.1, 0.15) is 11.1 Å². The lowest BCUT2D eigenvalue weighted by molar-refractivity contribution is 0.306. The fraction of sp³-hybridized carbons (Fsp3) is 0.100. The van der Waals surface area contributed by atoms with Crippen molar-refractivity contribution in [3.8, 4) is 5.75 Å². The third kappa shape index (κ3) is 3.77. The largest absolute Gasteiger partial charge is 0.489 e. The van der Waals surface area contributed by atoms with Crippen LogP contribution >= 0.6 is 0 Å². The van der Waals surface area contributed by atoms with Crippen LogP contribution in [0.3, 0.4) is 0 Å². The third-order valence-corrected chi connectivity index (χ3v) is 3.92. The number of rotatable bonds is 6. The number of ether oxygens (including phenoxy) is 1. The maximum Gasteiger partial charge on any atom is 0.155 e. The fourth-order valence-corrected chi connectivity index (χ4v) is 2.61. The van der Waals surface area contributed by atoms with Gasteiger partial charge in [-0.15, -0.1) is 0 Å². The third-order valence-electron chi connectivity index (χ3n) is 3.92. The zero-order chi connectivity index (χ0) is 16.9. The molecular formula is C20H18N4O. The van der Waals surface area contributed by atoms with Gasteiger partial charge in [0.2, 0.25) is 0 Å². The molecule has 2 aromatic carbocycles. The summed E-state index contributed by atoms with van der Waals surface area (Å²) >= 11 is 0. The molecular weight excluding hydrogens is 312 g/mol. The average molecular weight is 330 g/mol. The molecule has 0 aliphatic rings. The van der Waals surface area contributed by atoms with E-state index in [2.05, 4.69) is 39.7 Å². The van der Waals surface area contributed by atoms with Crippen LogP contribution in [-0.4, -0.2) is 14.6 Å². The lowest BCUT2D eigenvalue weighted by Crippen LogP contribution is -2.02. The molecule has 0 spiro atoms. The van der Waals surface area contributed by atoms with Crippen LogP contribution in [0.15, 0.2) is 79.3 Å². The van der Waals surface area contributed by atoms with E-state index in [1.807, 2.05) is 48.7 Å². The van der Waals surface area contributed by atoms with E-state index in [0.717, 1.165) is 28.2 Å². The molecule has 5 nitrogen and oxygen atoms in total. The van der Waals surface area contributed by atoms with E-state index in [-0.39, 0.29) is 0 Å². The number of nitrogens with zero attached hydrogens (tertiary/aromatic N) is 3. The van der Waals surface area contributed by atoms with Crippen molar-refractivity contribution in [2.45, 2.75) is 13.2 Å². The Labute approximate surface area is 145 Å². The number of pyridine rings is 1. The first-order chi connectivity index (χ1) is 12.4. The average Bonchev–Trinajstić information content (AvgIpc) is 3.14. The predicted molar refractivity (Wildman–Crippen MR) is 97.5 cm³/mol. The predicted octanol–water partition coefficient (Wildman–Crippen LogP) is 3.92. The first-order valence-electron chi connectivity index (χ1n) is 8.16. The van der Waals surface area contributed by atoms with Gasteiger partial charge in [0.25, 0.3) is 0 Å². The Kier molecular flexibility index (Phi) is 4.29. The minimum absolute atomic E-state index is 0.570. The maximum atomic E-state index is 5.88. The number of nitrogens with one attached hydrogen (secondary N) is 1. The zero-order valence-electron chi connectivity index (χ0n) is 13.7. The lowest BCUT2D eigenvalue weighted by atomic mass is 10.2. The van der Waals surface area contributed by atoms with Gasteiger partial charge in [0, 0.05) is 6.54 Å². The Hall–Kier alpha value is -3.34. The van der Waals surface area contributed by atoms with Crippen LogP contribution in [0.2, 0.25) is 0 Å². The van der Waals surface area contributed by atoms with Crippen molar-refractivity contribution < 1.29 is 4.74 Å². The van der Waals surface area contributed by atoms with E-state index in [1.54, 1.807) is 10.8 Å². The molecule has 0 saturated heterocycles. The molecule has 2 aromatic heterocycles. The highest BCUT2D eigenvalue weighted by molar-refractivity contribution is 5.49. The summed E-state index contributed by atoms with van der Waals surface area (Å²) in [5.74, 6) is 0.870. The molecule has 0 aliphatic carbocycles. The van der Waals surface area contributed by atoms with Gasteiger partial charge in [-0.25, -0.2) is 9.50 Å². The number of fused-ring (bicyclic) bond motifs is 1. The second kappa shape index (κ2) is 7.05. The van der Waals surface area contributed by atoms with Gasteiger partial charge >= 0.3 is 0 Å². The van der Waals surface area contributed by atoms with Gasteiger partial charge in [-0.1, -0.05) is 42.5 Å².